The smallest absolute Gasteiger partial charge is 0.313 e. The maximum atomic E-state index is 11.8. The normalized spacial score (nSPS) is 15.4. The summed E-state index contributed by atoms with van der Waals surface area (Å²) in [5.41, 5.74) is -0.389. The van der Waals surface area contributed by atoms with Gasteiger partial charge in [-0.25, -0.2) is 0 Å². The Balaban J connectivity index is 1.52. The number of hydrogen-bond donors (Lipinski definition) is 3. The minimum absolute atomic E-state index is 0.00354. The van der Waals surface area contributed by atoms with Gasteiger partial charge in [-0.1, -0.05) is 12.1 Å². The van der Waals surface area contributed by atoms with Gasteiger partial charge in [0.25, 0.3) is 0 Å². The second-order valence-electron chi connectivity index (χ2n) is 5.08. The van der Waals surface area contributed by atoms with Gasteiger partial charge < -0.3 is 25.1 Å². The van der Waals surface area contributed by atoms with E-state index in [0.717, 1.165) is 0 Å². The molecule has 2 aromatic rings. The molecular weight excluding hydrogens is 314 g/mol. The van der Waals surface area contributed by atoms with Crippen LogP contribution in [-0.2, 0) is 9.59 Å². The molecule has 1 aromatic carbocycles. The molecule has 124 valence electrons. The molecule has 0 fully saturated rings. The van der Waals surface area contributed by atoms with E-state index in [-0.39, 0.29) is 18.8 Å². The summed E-state index contributed by atoms with van der Waals surface area (Å²) in [6.07, 6.45) is 2.33. The number of fused-ring (bicyclic) bond motifs is 1. The number of pyridine rings is 1. The highest BCUT2D eigenvalue weighted by Gasteiger charge is 2.22. The summed E-state index contributed by atoms with van der Waals surface area (Å²) in [4.78, 5) is 37.8. The van der Waals surface area contributed by atoms with Gasteiger partial charge in [-0.3, -0.25) is 14.4 Å². The summed E-state index contributed by atoms with van der Waals surface area (Å²) < 4.78 is 11.2. The van der Waals surface area contributed by atoms with Crippen LogP contribution in [0.25, 0.3) is 0 Å². The highest BCUT2D eigenvalue weighted by atomic mass is 16.6. The van der Waals surface area contributed by atoms with Gasteiger partial charge in [-0.2, -0.15) is 0 Å². The van der Waals surface area contributed by atoms with Crippen LogP contribution in [0, 0.1) is 0 Å². The first-order valence-corrected chi connectivity index (χ1v) is 7.28. The molecule has 24 heavy (non-hydrogen) atoms. The number of para-hydroxylation sites is 2. The fraction of sp³-hybridized carbons (Fsp3) is 0.188. The second kappa shape index (κ2) is 6.86. The number of carbonyl (C=O) groups is 2. The molecular formula is C16H15N3O5. The van der Waals surface area contributed by atoms with Gasteiger partial charge in [0.2, 0.25) is 5.43 Å². The van der Waals surface area contributed by atoms with E-state index in [0.29, 0.717) is 11.5 Å². The molecule has 0 saturated heterocycles. The van der Waals surface area contributed by atoms with Crippen molar-refractivity contribution in [1.29, 1.82) is 0 Å². The monoisotopic (exact) mass is 329 g/mol. The molecule has 0 unspecified atom stereocenters. The Labute approximate surface area is 136 Å². The molecule has 0 saturated carbocycles. The van der Waals surface area contributed by atoms with Crippen molar-refractivity contribution in [1.82, 2.24) is 10.3 Å². The van der Waals surface area contributed by atoms with E-state index in [1.54, 1.807) is 12.1 Å². The Morgan fingerprint density at radius 2 is 1.96 bits per heavy atom. The van der Waals surface area contributed by atoms with Crippen LogP contribution >= 0.6 is 0 Å². The van der Waals surface area contributed by atoms with E-state index in [1.165, 1.54) is 18.5 Å². The number of benzene rings is 1. The standard InChI is InChI=1S/C16H15N3O5/c20-12-5-6-17-8-11(12)19-16(22)15(21)18-7-10-9-23-13-3-1-2-4-14(13)24-10/h1-6,8,10H,7,9H2,(H,17,20)(H,18,21)(H,19,22)/t10-/m0/s1. The molecule has 8 nitrogen and oxygen atoms in total. The van der Waals surface area contributed by atoms with Crippen molar-refractivity contribution >= 4 is 17.5 Å². The number of H-pyrrole nitrogens is 1. The zero-order valence-electron chi connectivity index (χ0n) is 12.6. The van der Waals surface area contributed by atoms with E-state index in [2.05, 4.69) is 15.6 Å². The zero-order chi connectivity index (χ0) is 16.9. The minimum atomic E-state index is -0.927. The summed E-state index contributed by atoms with van der Waals surface area (Å²) in [7, 11) is 0. The van der Waals surface area contributed by atoms with E-state index < -0.39 is 23.3 Å². The maximum absolute atomic E-state index is 11.8. The number of aromatic nitrogens is 1. The third kappa shape index (κ3) is 3.54. The first kappa shape index (κ1) is 15.6. The highest BCUT2D eigenvalue weighted by molar-refractivity contribution is 6.39. The molecule has 1 aromatic heterocycles. The topological polar surface area (TPSA) is 110 Å². The number of aromatic amines is 1. The van der Waals surface area contributed by atoms with E-state index in [1.807, 2.05) is 12.1 Å². The molecule has 8 heteroatoms. The lowest BCUT2D eigenvalue weighted by atomic mass is 10.2. The SMILES string of the molecule is O=C(NC[C@H]1COc2ccccc2O1)C(=O)Nc1c[nH]ccc1=O. The predicted molar refractivity (Wildman–Crippen MR) is 85.1 cm³/mol. The maximum Gasteiger partial charge on any atom is 0.313 e. The Kier molecular flexibility index (Phi) is 4.46. The van der Waals surface area contributed by atoms with Crippen LogP contribution in [-0.4, -0.2) is 36.1 Å². The van der Waals surface area contributed by atoms with Crippen LogP contribution < -0.4 is 25.5 Å². The first-order chi connectivity index (χ1) is 11.6. The third-order valence-electron chi connectivity index (χ3n) is 3.34. The largest absolute Gasteiger partial charge is 0.486 e. The molecule has 2 heterocycles. The van der Waals surface area contributed by atoms with Crippen LogP contribution in [0.5, 0.6) is 11.5 Å². The average Bonchev–Trinajstić information content (AvgIpc) is 2.61. The van der Waals surface area contributed by atoms with Crippen molar-refractivity contribution in [2.24, 2.45) is 0 Å². The average molecular weight is 329 g/mol. The number of ether oxygens (including phenoxy) is 2. The van der Waals surface area contributed by atoms with Crippen molar-refractivity contribution in [2.45, 2.75) is 6.10 Å². The summed E-state index contributed by atoms with van der Waals surface area (Å²) in [6.45, 7) is 0.364. The minimum Gasteiger partial charge on any atom is -0.486 e. The van der Waals surface area contributed by atoms with Gasteiger partial charge in [0.1, 0.15) is 18.4 Å². The summed E-state index contributed by atoms with van der Waals surface area (Å²) in [5, 5.41) is 4.70. The molecule has 0 spiro atoms. The third-order valence-corrected chi connectivity index (χ3v) is 3.34. The van der Waals surface area contributed by atoms with Crippen molar-refractivity contribution < 1.29 is 19.1 Å². The number of carbonyl (C=O) groups excluding carboxylic acids is 2. The van der Waals surface area contributed by atoms with E-state index in [9.17, 15) is 14.4 Å². The van der Waals surface area contributed by atoms with Crippen LogP contribution in [0.2, 0.25) is 0 Å². The number of nitrogens with one attached hydrogen (secondary N) is 3. The van der Waals surface area contributed by atoms with Crippen molar-refractivity contribution in [3.63, 3.8) is 0 Å². The molecule has 1 aliphatic heterocycles. The van der Waals surface area contributed by atoms with Gasteiger partial charge in [0.05, 0.1) is 6.54 Å². The number of rotatable bonds is 3. The van der Waals surface area contributed by atoms with E-state index in [4.69, 9.17) is 9.47 Å². The second-order valence-corrected chi connectivity index (χ2v) is 5.08. The predicted octanol–water partition coefficient (Wildman–Crippen LogP) is 0.270. The lowest BCUT2D eigenvalue weighted by Crippen LogP contribution is -2.44. The Bertz CT molecular complexity index is 817. The molecule has 3 N–H and O–H groups in total. The molecule has 0 aliphatic carbocycles. The van der Waals surface area contributed by atoms with Gasteiger partial charge in [0.15, 0.2) is 11.5 Å². The van der Waals surface area contributed by atoms with Gasteiger partial charge in [-0.15, -0.1) is 0 Å². The molecule has 1 aliphatic rings. The molecule has 0 bridgehead atoms. The van der Waals surface area contributed by atoms with Crippen LogP contribution in [0.3, 0.4) is 0 Å². The van der Waals surface area contributed by atoms with E-state index >= 15 is 0 Å². The van der Waals surface area contributed by atoms with Gasteiger partial charge in [-0.05, 0) is 12.1 Å². The van der Waals surface area contributed by atoms with Crippen LogP contribution in [0.4, 0.5) is 5.69 Å². The summed E-state index contributed by atoms with van der Waals surface area (Å²) in [6, 6.07) is 8.44. The summed E-state index contributed by atoms with van der Waals surface area (Å²) in [5.74, 6) is -0.561. The quantitative estimate of drug-likeness (QED) is 0.700. The van der Waals surface area contributed by atoms with Crippen molar-refractivity contribution in [3.8, 4) is 11.5 Å². The zero-order valence-corrected chi connectivity index (χ0v) is 12.6. The summed E-state index contributed by atoms with van der Waals surface area (Å²) >= 11 is 0. The Morgan fingerprint density at radius 3 is 2.75 bits per heavy atom. The lowest BCUT2D eigenvalue weighted by Gasteiger charge is -2.26. The molecule has 1 atom stereocenters. The highest BCUT2D eigenvalue weighted by Crippen LogP contribution is 2.30. The molecule has 0 radical (unpaired) electrons. The number of anilines is 1. The Morgan fingerprint density at radius 1 is 1.17 bits per heavy atom. The Hall–Kier alpha value is -3.29. The van der Waals surface area contributed by atoms with Gasteiger partial charge in [0, 0.05) is 18.5 Å². The fourth-order valence-electron chi connectivity index (χ4n) is 2.14. The van der Waals surface area contributed by atoms with Crippen LogP contribution in [0.1, 0.15) is 0 Å². The van der Waals surface area contributed by atoms with Crippen LogP contribution in [0.15, 0.2) is 47.5 Å². The fourth-order valence-corrected chi connectivity index (χ4v) is 2.14. The molecule has 3 rings (SSSR count). The number of amides is 2. The number of hydrogen-bond acceptors (Lipinski definition) is 5. The van der Waals surface area contributed by atoms with Gasteiger partial charge >= 0.3 is 11.8 Å². The van der Waals surface area contributed by atoms with Crippen molar-refractivity contribution in [3.05, 3.63) is 52.9 Å². The first-order valence-electron chi connectivity index (χ1n) is 7.28. The lowest BCUT2D eigenvalue weighted by molar-refractivity contribution is -0.136. The van der Waals surface area contributed by atoms with Crippen molar-refractivity contribution in [2.75, 3.05) is 18.5 Å². The molecule has 2 amide bonds.